The molecule has 0 radical (unpaired) electrons. The highest BCUT2D eigenvalue weighted by atomic mass is 16.5. The average molecular weight is 354 g/mol. The molecule has 4 rings (SSSR count). The molecule has 9 nitrogen and oxygen atoms in total. The maximum Gasteiger partial charge on any atom is 0.279 e. The van der Waals surface area contributed by atoms with Crippen molar-refractivity contribution in [2.45, 2.75) is 6.54 Å². The number of hydrogen-bond donors (Lipinski definition) is 0. The summed E-state index contributed by atoms with van der Waals surface area (Å²) in [7, 11) is 2.99. The van der Waals surface area contributed by atoms with Crippen LogP contribution in [0.3, 0.4) is 0 Å². The molecule has 0 spiro atoms. The second kappa shape index (κ2) is 6.36. The van der Waals surface area contributed by atoms with Crippen LogP contribution in [-0.4, -0.2) is 34.1 Å². The standard InChI is InChI=1S/C17H14N4O5/c1-23-11-6-5-10-8-18-21(17(22)14(10)15(11)24-2)9-13-19-16(20-26-13)12-4-3-7-25-12/h3-8H,9H2,1-2H3. The molecule has 26 heavy (non-hydrogen) atoms. The number of nitrogens with zero attached hydrogens (tertiary/aromatic N) is 4. The SMILES string of the molecule is COc1ccc2cnn(Cc3nc(-c4ccco4)no3)c(=O)c2c1OC. The van der Waals surface area contributed by atoms with Gasteiger partial charge < -0.3 is 18.4 Å². The van der Waals surface area contributed by atoms with Crippen LogP contribution in [0.15, 0.2) is 50.5 Å². The first-order chi connectivity index (χ1) is 12.7. The van der Waals surface area contributed by atoms with E-state index in [4.69, 9.17) is 18.4 Å². The van der Waals surface area contributed by atoms with E-state index < -0.39 is 0 Å². The first-order valence-corrected chi connectivity index (χ1v) is 7.68. The molecule has 4 aromatic rings. The van der Waals surface area contributed by atoms with Gasteiger partial charge in [-0.3, -0.25) is 4.79 Å². The molecular formula is C17H14N4O5. The predicted octanol–water partition coefficient (Wildman–Crippen LogP) is 2.10. The number of benzene rings is 1. The van der Waals surface area contributed by atoms with E-state index in [1.54, 1.807) is 30.5 Å². The normalized spacial score (nSPS) is 11.0. The van der Waals surface area contributed by atoms with Crippen LogP contribution in [0.1, 0.15) is 5.89 Å². The van der Waals surface area contributed by atoms with Gasteiger partial charge in [0.15, 0.2) is 17.3 Å². The van der Waals surface area contributed by atoms with E-state index in [2.05, 4.69) is 15.2 Å². The fourth-order valence-corrected chi connectivity index (χ4v) is 2.65. The third-order valence-corrected chi connectivity index (χ3v) is 3.86. The Hall–Kier alpha value is -3.62. The second-order valence-corrected chi connectivity index (χ2v) is 5.36. The molecule has 0 amide bonds. The van der Waals surface area contributed by atoms with Crippen molar-refractivity contribution in [2.75, 3.05) is 14.2 Å². The lowest BCUT2D eigenvalue weighted by molar-refractivity contribution is 0.356. The fourth-order valence-electron chi connectivity index (χ4n) is 2.65. The second-order valence-electron chi connectivity index (χ2n) is 5.36. The van der Waals surface area contributed by atoms with E-state index in [0.717, 1.165) is 0 Å². The summed E-state index contributed by atoms with van der Waals surface area (Å²) >= 11 is 0. The van der Waals surface area contributed by atoms with Crippen molar-refractivity contribution in [3.05, 3.63) is 53.0 Å². The highest BCUT2D eigenvalue weighted by molar-refractivity contribution is 5.89. The molecular weight excluding hydrogens is 340 g/mol. The van der Waals surface area contributed by atoms with Gasteiger partial charge in [-0.25, -0.2) is 4.68 Å². The van der Waals surface area contributed by atoms with Gasteiger partial charge in [-0.1, -0.05) is 5.16 Å². The molecule has 0 N–H and O–H groups in total. The van der Waals surface area contributed by atoms with Gasteiger partial charge in [0, 0.05) is 5.39 Å². The van der Waals surface area contributed by atoms with E-state index >= 15 is 0 Å². The van der Waals surface area contributed by atoms with E-state index in [1.165, 1.54) is 25.2 Å². The summed E-state index contributed by atoms with van der Waals surface area (Å²) in [6.45, 7) is 0.0167. The Bertz CT molecular complexity index is 1110. The van der Waals surface area contributed by atoms with Crippen molar-refractivity contribution in [1.82, 2.24) is 19.9 Å². The molecule has 0 saturated heterocycles. The van der Waals surface area contributed by atoms with Crippen LogP contribution in [0.4, 0.5) is 0 Å². The molecule has 0 aliphatic rings. The predicted molar refractivity (Wildman–Crippen MR) is 90.2 cm³/mol. The molecule has 0 unspecified atom stereocenters. The Labute approximate surface area is 146 Å². The Morgan fingerprint density at radius 2 is 2.08 bits per heavy atom. The minimum atomic E-state index is -0.351. The smallest absolute Gasteiger partial charge is 0.279 e. The lowest BCUT2D eigenvalue weighted by Crippen LogP contribution is -2.24. The monoisotopic (exact) mass is 354 g/mol. The summed E-state index contributed by atoms with van der Waals surface area (Å²) in [4.78, 5) is 17.1. The van der Waals surface area contributed by atoms with Crippen molar-refractivity contribution >= 4 is 10.8 Å². The van der Waals surface area contributed by atoms with Crippen LogP contribution in [0.5, 0.6) is 11.5 Å². The van der Waals surface area contributed by atoms with E-state index in [0.29, 0.717) is 33.9 Å². The lowest BCUT2D eigenvalue weighted by Gasteiger charge is -2.11. The van der Waals surface area contributed by atoms with E-state index in [9.17, 15) is 4.79 Å². The molecule has 1 aromatic carbocycles. The Kier molecular flexibility index (Phi) is 3.88. The van der Waals surface area contributed by atoms with Gasteiger partial charge >= 0.3 is 0 Å². The molecule has 0 fully saturated rings. The first kappa shape index (κ1) is 15.9. The van der Waals surface area contributed by atoms with Crippen LogP contribution in [0.25, 0.3) is 22.4 Å². The van der Waals surface area contributed by atoms with Crippen LogP contribution < -0.4 is 15.0 Å². The van der Waals surface area contributed by atoms with Crippen LogP contribution in [0.2, 0.25) is 0 Å². The van der Waals surface area contributed by atoms with Crippen LogP contribution in [0, 0.1) is 0 Å². The fraction of sp³-hybridized carbons (Fsp3) is 0.176. The van der Waals surface area contributed by atoms with Crippen molar-refractivity contribution in [3.8, 4) is 23.1 Å². The van der Waals surface area contributed by atoms with Gasteiger partial charge in [0.05, 0.1) is 32.1 Å². The lowest BCUT2D eigenvalue weighted by atomic mass is 10.1. The van der Waals surface area contributed by atoms with Gasteiger partial charge in [-0.05, 0) is 24.3 Å². The molecule has 0 bridgehead atoms. The zero-order valence-electron chi connectivity index (χ0n) is 14.0. The van der Waals surface area contributed by atoms with Gasteiger partial charge in [0.25, 0.3) is 5.56 Å². The molecule has 132 valence electrons. The Morgan fingerprint density at radius 1 is 1.19 bits per heavy atom. The van der Waals surface area contributed by atoms with Crippen molar-refractivity contribution in [3.63, 3.8) is 0 Å². The Balaban J connectivity index is 1.75. The minimum absolute atomic E-state index is 0.0167. The molecule has 0 atom stereocenters. The summed E-state index contributed by atoms with van der Waals surface area (Å²) in [5.41, 5.74) is -0.351. The largest absolute Gasteiger partial charge is 0.493 e. The van der Waals surface area contributed by atoms with Crippen molar-refractivity contribution < 1.29 is 18.4 Å². The minimum Gasteiger partial charge on any atom is -0.493 e. The van der Waals surface area contributed by atoms with Crippen LogP contribution in [-0.2, 0) is 6.54 Å². The molecule has 9 heteroatoms. The number of aromatic nitrogens is 4. The highest BCUT2D eigenvalue weighted by Crippen LogP contribution is 2.32. The van der Waals surface area contributed by atoms with Gasteiger partial charge in [0.1, 0.15) is 6.54 Å². The number of rotatable bonds is 5. The zero-order valence-corrected chi connectivity index (χ0v) is 14.0. The topological polar surface area (TPSA) is 105 Å². The number of ether oxygens (including phenoxy) is 2. The third-order valence-electron chi connectivity index (χ3n) is 3.86. The summed E-state index contributed by atoms with van der Waals surface area (Å²) in [6.07, 6.45) is 3.09. The number of methoxy groups -OCH3 is 2. The van der Waals surface area contributed by atoms with E-state index in [1.807, 2.05) is 0 Å². The van der Waals surface area contributed by atoms with Crippen molar-refractivity contribution in [1.29, 1.82) is 0 Å². The molecule has 0 aliphatic heterocycles. The molecule has 3 aromatic heterocycles. The third kappa shape index (κ3) is 2.59. The quantitative estimate of drug-likeness (QED) is 0.536. The molecule has 0 aliphatic carbocycles. The van der Waals surface area contributed by atoms with Gasteiger partial charge in [-0.2, -0.15) is 10.1 Å². The van der Waals surface area contributed by atoms with Crippen molar-refractivity contribution in [2.24, 2.45) is 0 Å². The average Bonchev–Trinajstić information content (AvgIpc) is 3.34. The highest BCUT2D eigenvalue weighted by Gasteiger charge is 2.17. The van der Waals surface area contributed by atoms with Gasteiger partial charge in [0.2, 0.25) is 11.7 Å². The number of hydrogen-bond acceptors (Lipinski definition) is 8. The summed E-state index contributed by atoms with van der Waals surface area (Å²) in [5, 5.41) is 9.01. The summed E-state index contributed by atoms with van der Waals surface area (Å²) in [5.74, 6) is 1.83. The molecule has 0 saturated carbocycles. The van der Waals surface area contributed by atoms with Crippen LogP contribution >= 0.6 is 0 Å². The zero-order chi connectivity index (χ0) is 18.1. The maximum atomic E-state index is 12.9. The number of furan rings is 1. The maximum absolute atomic E-state index is 12.9. The summed E-state index contributed by atoms with van der Waals surface area (Å²) < 4.78 is 22.2. The van der Waals surface area contributed by atoms with Gasteiger partial charge in [-0.15, -0.1) is 0 Å². The first-order valence-electron chi connectivity index (χ1n) is 7.68. The number of fused-ring (bicyclic) bond motifs is 1. The molecule has 3 heterocycles. The van der Waals surface area contributed by atoms with E-state index in [-0.39, 0.29) is 18.0 Å². The summed E-state index contributed by atoms with van der Waals surface area (Å²) in [6, 6.07) is 6.91. The Morgan fingerprint density at radius 3 is 2.81 bits per heavy atom.